The Morgan fingerprint density at radius 1 is 1.12 bits per heavy atom. The molecule has 4 unspecified atom stereocenters. The summed E-state index contributed by atoms with van der Waals surface area (Å²) in [7, 11) is 0. The average molecular weight is 236 g/mol. The highest BCUT2D eigenvalue weighted by atomic mass is 14.4. The largest absolute Gasteiger partial charge is 0.0807 e. The molecule has 0 bridgehead atoms. The summed E-state index contributed by atoms with van der Waals surface area (Å²) in [6.07, 6.45) is 6.38. The van der Waals surface area contributed by atoms with E-state index in [1.807, 2.05) is 0 Å². The fourth-order valence-corrected chi connectivity index (χ4v) is 3.12. The summed E-state index contributed by atoms with van der Waals surface area (Å²) in [6.45, 7) is 16.9. The van der Waals surface area contributed by atoms with E-state index in [0.29, 0.717) is 5.41 Å². The van der Waals surface area contributed by atoms with Crippen molar-refractivity contribution in [1.82, 2.24) is 0 Å². The first-order chi connectivity index (χ1) is 7.77. The Labute approximate surface area is 109 Å². The zero-order valence-electron chi connectivity index (χ0n) is 13.0. The van der Waals surface area contributed by atoms with Crippen LogP contribution < -0.4 is 0 Å². The molecule has 0 aliphatic heterocycles. The number of hydrogen-bond donors (Lipinski definition) is 0. The summed E-state index contributed by atoms with van der Waals surface area (Å²) in [4.78, 5) is 0. The molecule has 0 saturated heterocycles. The zero-order valence-corrected chi connectivity index (χ0v) is 13.0. The summed E-state index contributed by atoms with van der Waals surface area (Å²) in [5.41, 5.74) is 2.15. The normalized spacial score (nSPS) is 22.6. The van der Waals surface area contributed by atoms with Crippen LogP contribution in [0.4, 0.5) is 0 Å². The van der Waals surface area contributed by atoms with Gasteiger partial charge in [0, 0.05) is 0 Å². The van der Waals surface area contributed by atoms with Crippen molar-refractivity contribution in [3.8, 4) is 0 Å². The van der Waals surface area contributed by atoms with E-state index in [2.05, 4.69) is 54.5 Å². The van der Waals surface area contributed by atoms with Crippen molar-refractivity contribution in [2.75, 3.05) is 0 Å². The molecule has 1 aliphatic carbocycles. The number of rotatable bonds is 6. The van der Waals surface area contributed by atoms with E-state index >= 15 is 0 Å². The van der Waals surface area contributed by atoms with Gasteiger partial charge in [-0.05, 0) is 41.9 Å². The van der Waals surface area contributed by atoms with E-state index in [1.165, 1.54) is 19.3 Å². The van der Waals surface area contributed by atoms with Gasteiger partial charge in [-0.1, -0.05) is 66.5 Å². The van der Waals surface area contributed by atoms with E-state index in [4.69, 9.17) is 0 Å². The molecule has 0 aromatic rings. The van der Waals surface area contributed by atoms with E-state index < -0.39 is 0 Å². The van der Waals surface area contributed by atoms with Crippen LogP contribution in [0.25, 0.3) is 0 Å². The van der Waals surface area contributed by atoms with Gasteiger partial charge in [0.15, 0.2) is 0 Å². The second kappa shape index (κ2) is 5.59. The van der Waals surface area contributed by atoms with Gasteiger partial charge in [0.05, 0.1) is 0 Å². The highest BCUT2D eigenvalue weighted by molar-refractivity contribution is 5.24. The third kappa shape index (κ3) is 4.16. The molecule has 1 aliphatic rings. The lowest BCUT2D eigenvalue weighted by Gasteiger charge is -2.38. The Balaban J connectivity index is 2.62. The first kappa shape index (κ1) is 14.8. The fourth-order valence-electron chi connectivity index (χ4n) is 3.12. The molecule has 0 radical (unpaired) electrons. The van der Waals surface area contributed by atoms with Crippen molar-refractivity contribution in [3.05, 3.63) is 11.6 Å². The molecule has 17 heavy (non-hydrogen) atoms. The van der Waals surface area contributed by atoms with E-state index in [0.717, 1.165) is 23.7 Å². The summed E-state index contributed by atoms with van der Waals surface area (Å²) < 4.78 is 0. The lowest BCUT2D eigenvalue weighted by molar-refractivity contribution is 0.124. The minimum absolute atomic E-state index is 0.446. The molecule has 0 fully saturated rings. The van der Waals surface area contributed by atoms with Gasteiger partial charge < -0.3 is 0 Å². The van der Waals surface area contributed by atoms with Gasteiger partial charge in [-0.3, -0.25) is 0 Å². The predicted molar refractivity (Wildman–Crippen MR) is 78.0 cm³/mol. The molecule has 0 N–H and O–H groups in total. The van der Waals surface area contributed by atoms with Crippen molar-refractivity contribution < 1.29 is 0 Å². The Morgan fingerprint density at radius 2 is 1.65 bits per heavy atom. The van der Waals surface area contributed by atoms with Gasteiger partial charge in [-0.25, -0.2) is 0 Å². The Kier molecular flexibility index (Phi) is 4.86. The standard InChI is InChI=1S/C17H32/c1-8-12(2)16(17(5,6)7)11-13(3)14(4)15-9-10-15/h9,12-14,16H,8,10-11H2,1-7H3. The van der Waals surface area contributed by atoms with Gasteiger partial charge in [0.25, 0.3) is 0 Å². The highest BCUT2D eigenvalue weighted by Gasteiger charge is 2.32. The first-order valence-electron chi connectivity index (χ1n) is 7.46. The molecule has 0 aromatic heterocycles. The molecule has 4 atom stereocenters. The molecule has 0 spiro atoms. The quantitative estimate of drug-likeness (QED) is 0.520. The highest BCUT2D eigenvalue weighted by Crippen LogP contribution is 2.42. The van der Waals surface area contributed by atoms with Crippen LogP contribution >= 0.6 is 0 Å². The maximum atomic E-state index is 2.45. The molecule has 0 saturated carbocycles. The molecular formula is C17H32. The first-order valence-corrected chi connectivity index (χ1v) is 7.46. The van der Waals surface area contributed by atoms with Gasteiger partial charge in [-0.2, -0.15) is 0 Å². The molecule has 0 heteroatoms. The fraction of sp³-hybridized carbons (Fsp3) is 0.882. The monoisotopic (exact) mass is 236 g/mol. The van der Waals surface area contributed by atoms with Crippen molar-refractivity contribution in [2.24, 2.45) is 29.1 Å². The number of allylic oxidation sites excluding steroid dienone is 2. The minimum Gasteiger partial charge on any atom is -0.0807 e. The lowest BCUT2D eigenvalue weighted by atomic mass is 9.67. The summed E-state index contributed by atoms with van der Waals surface area (Å²) >= 11 is 0. The van der Waals surface area contributed by atoms with Crippen molar-refractivity contribution in [3.63, 3.8) is 0 Å². The molecule has 1 rings (SSSR count). The molecule has 0 amide bonds. The Hall–Kier alpha value is -0.260. The van der Waals surface area contributed by atoms with Crippen LogP contribution in [-0.2, 0) is 0 Å². The molecule has 0 nitrogen and oxygen atoms in total. The van der Waals surface area contributed by atoms with Crippen molar-refractivity contribution >= 4 is 0 Å². The van der Waals surface area contributed by atoms with Crippen LogP contribution in [0.15, 0.2) is 11.6 Å². The number of hydrogen-bond acceptors (Lipinski definition) is 0. The molecule has 0 heterocycles. The summed E-state index contributed by atoms with van der Waals surface area (Å²) in [5.74, 6) is 3.34. The van der Waals surface area contributed by atoms with E-state index in [1.54, 1.807) is 5.57 Å². The van der Waals surface area contributed by atoms with Gasteiger partial charge in [0.1, 0.15) is 0 Å². The maximum Gasteiger partial charge on any atom is -0.0133 e. The second-order valence-electron chi connectivity index (χ2n) is 7.34. The van der Waals surface area contributed by atoms with Crippen LogP contribution in [0.3, 0.4) is 0 Å². The Morgan fingerprint density at radius 3 is 2.00 bits per heavy atom. The van der Waals surface area contributed by atoms with Crippen LogP contribution in [0.2, 0.25) is 0 Å². The second-order valence-corrected chi connectivity index (χ2v) is 7.34. The third-order valence-electron chi connectivity index (χ3n) is 4.95. The SMILES string of the molecule is CCC(C)C(CC(C)C(C)C1=CC1)C(C)(C)C. The summed E-state index contributed by atoms with van der Waals surface area (Å²) in [6, 6.07) is 0. The Bertz CT molecular complexity index is 266. The lowest BCUT2D eigenvalue weighted by Crippen LogP contribution is -2.29. The summed E-state index contributed by atoms with van der Waals surface area (Å²) in [5, 5.41) is 0. The predicted octanol–water partition coefficient (Wildman–Crippen LogP) is 5.69. The average Bonchev–Trinajstić information content (AvgIpc) is 3.05. The van der Waals surface area contributed by atoms with Crippen molar-refractivity contribution in [2.45, 2.75) is 67.7 Å². The van der Waals surface area contributed by atoms with Gasteiger partial charge >= 0.3 is 0 Å². The van der Waals surface area contributed by atoms with Gasteiger partial charge in [-0.15, -0.1) is 0 Å². The van der Waals surface area contributed by atoms with Gasteiger partial charge in [0.2, 0.25) is 0 Å². The third-order valence-corrected chi connectivity index (χ3v) is 4.95. The minimum atomic E-state index is 0.446. The van der Waals surface area contributed by atoms with E-state index in [-0.39, 0.29) is 0 Å². The zero-order chi connectivity index (χ0) is 13.2. The van der Waals surface area contributed by atoms with Crippen LogP contribution in [0.1, 0.15) is 67.7 Å². The molecule has 0 aromatic carbocycles. The molecule has 100 valence electrons. The van der Waals surface area contributed by atoms with Crippen LogP contribution in [0.5, 0.6) is 0 Å². The van der Waals surface area contributed by atoms with Crippen LogP contribution in [-0.4, -0.2) is 0 Å². The molecular weight excluding hydrogens is 204 g/mol. The maximum absolute atomic E-state index is 2.45. The van der Waals surface area contributed by atoms with Crippen molar-refractivity contribution in [1.29, 1.82) is 0 Å². The van der Waals surface area contributed by atoms with E-state index in [9.17, 15) is 0 Å². The topological polar surface area (TPSA) is 0 Å². The van der Waals surface area contributed by atoms with Crippen LogP contribution in [0, 0.1) is 29.1 Å². The smallest absolute Gasteiger partial charge is 0.0133 e.